The molecule has 1 heterocycles. The van der Waals surface area contributed by atoms with Gasteiger partial charge in [-0.3, -0.25) is 4.90 Å². The van der Waals surface area contributed by atoms with Crippen molar-refractivity contribution >= 4 is 6.08 Å². The van der Waals surface area contributed by atoms with Crippen LogP contribution in [0.3, 0.4) is 0 Å². The average molecular weight is 214 g/mol. The molecular formula is C15H20N. The SMILES string of the molecule is Cc1cccc(C=CCN2CC[CH]CC2)c1. The minimum absolute atomic E-state index is 1.09. The maximum absolute atomic E-state index is 2.51. The largest absolute Gasteiger partial charge is 0.300 e. The van der Waals surface area contributed by atoms with Crippen LogP contribution >= 0.6 is 0 Å². The van der Waals surface area contributed by atoms with Crippen molar-refractivity contribution < 1.29 is 0 Å². The molecular weight excluding hydrogens is 194 g/mol. The highest BCUT2D eigenvalue weighted by molar-refractivity contribution is 5.50. The Balaban J connectivity index is 1.84. The zero-order valence-electron chi connectivity index (χ0n) is 10.0. The van der Waals surface area contributed by atoms with Crippen molar-refractivity contribution in [1.29, 1.82) is 0 Å². The van der Waals surface area contributed by atoms with E-state index in [1.807, 2.05) is 0 Å². The quantitative estimate of drug-likeness (QED) is 0.746. The lowest BCUT2D eigenvalue weighted by Gasteiger charge is -2.24. The van der Waals surface area contributed by atoms with Crippen molar-refractivity contribution in [2.24, 2.45) is 0 Å². The van der Waals surface area contributed by atoms with Gasteiger partial charge in [0.25, 0.3) is 0 Å². The first-order chi connectivity index (χ1) is 7.84. The van der Waals surface area contributed by atoms with Crippen LogP contribution in [-0.4, -0.2) is 24.5 Å². The zero-order valence-corrected chi connectivity index (χ0v) is 10.0. The van der Waals surface area contributed by atoms with Crippen LogP contribution in [0.25, 0.3) is 6.08 Å². The molecule has 85 valence electrons. The van der Waals surface area contributed by atoms with Gasteiger partial charge in [0.15, 0.2) is 0 Å². The Morgan fingerprint density at radius 2 is 2.06 bits per heavy atom. The number of rotatable bonds is 3. The van der Waals surface area contributed by atoms with Crippen molar-refractivity contribution in [2.45, 2.75) is 19.8 Å². The van der Waals surface area contributed by atoms with Crippen molar-refractivity contribution in [1.82, 2.24) is 4.90 Å². The Bertz CT molecular complexity index is 348. The number of hydrogen-bond acceptors (Lipinski definition) is 1. The van der Waals surface area contributed by atoms with Gasteiger partial charge in [-0.05, 0) is 44.8 Å². The molecule has 1 heteroatoms. The van der Waals surface area contributed by atoms with Crippen molar-refractivity contribution in [3.05, 3.63) is 47.9 Å². The average Bonchev–Trinajstić information content (AvgIpc) is 2.30. The predicted octanol–water partition coefficient (Wildman–Crippen LogP) is 3.31. The fourth-order valence-electron chi connectivity index (χ4n) is 2.10. The van der Waals surface area contributed by atoms with Gasteiger partial charge < -0.3 is 0 Å². The van der Waals surface area contributed by atoms with Crippen molar-refractivity contribution in [2.75, 3.05) is 19.6 Å². The molecule has 1 saturated heterocycles. The first-order valence-corrected chi connectivity index (χ1v) is 6.12. The fraction of sp³-hybridized carbons (Fsp3) is 0.400. The van der Waals surface area contributed by atoms with E-state index >= 15 is 0 Å². The Labute approximate surface area is 98.8 Å². The van der Waals surface area contributed by atoms with Crippen LogP contribution in [0.4, 0.5) is 0 Å². The Morgan fingerprint density at radius 1 is 1.25 bits per heavy atom. The first-order valence-electron chi connectivity index (χ1n) is 6.12. The van der Waals surface area contributed by atoms with Gasteiger partial charge in [-0.1, -0.05) is 42.0 Å². The lowest BCUT2D eigenvalue weighted by molar-refractivity contribution is 0.281. The van der Waals surface area contributed by atoms with Crippen LogP contribution < -0.4 is 0 Å². The molecule has 0 aromatic heterocycles. The summed E-state index contributed by atoms with van der Waals surface area (Å²) in [6, 6.07) is 8.64. The van der Waals surface area contributed by atoms with E-state index in [1.54, 1.807) is 0 Å². The fourth-order valence-corrected chi connectivity index (χ4v) is 2.10. The molecule has 1 aliphatic heterocycles. The van der Waals surface area contributed by atoms with Gasteiger partial charge in [0.05, 0.1) is 0 Å². The molecule has 0 unspecified atom stereocenters. The Hall–Kier alpha value is -1.08. The molecule has 1 radical (unpaired) electrons. The summed E-state index contributed by atoms with van der Waals surface area (Å²) in [5.41, 5.74) is 2.64. The molecule has 0 aliphatic carbocycles. The van der Waals surface area contributed by atoms with E-state index in [4.69, 9.17) is 0 Å². The first kappa shape index (κ1) is 11.4. The van der Waals surface area contributed by atoms with Crippen LogP contribution in [0.5, 0.6) is 0 Å². The van der Waals surface area contributed by atoms with Crippen LogP contribution in [0.15, 0.2) is 30.3 Å². The second-order valence-corrected chi connectivity index (χ2v) is 4.48. The number of benzene rings is 1. The highest BCUT2D eigenvalue weighted by Crippen LogP contribution is 2.09. The van der Waals surface area contributed by atoms with Gasteiger partial charge in [0.2, 0.25) is 0 Å². The van der Waals surface area contributed by atoms with Gasteiger partial charge in [0.1, 0.15) is 0 Å². The van der Waals surface area contributed by atoms with Gasteiger partial charge in [0, 0.05) is 6.54 Å². The van der Waals surface area contributed by atoms with Crippen LogP contribution in [0.1, 0.15) is 24.0 Å². The highest BCUT2D eigenvalue weighted by Gasteiger charge is 2.07. The van der Waals surface area contributed by atoms with Gasteiger partial charge in [-0.2, -0.15) is 0 Å². The maximum Gasteiger partial charge on any atom is 0.0166 e. The van der Waals surface area contributed by atoms with Crippen LogP contribution in [0, 0.1) is 13.3 Å². The Kier molecular flexibility index (Phi) is 4.17. The summed E-state index contributed by atoms with van der Waals surface area (Å²) in [6.07, 6.45) is 9.39. The molecule has 0 amide bonds. The van der Waals surface area contributed by atoms with E-state index in [9.17, 15) is 0 Å². The van der Waals surface area contributed by atoms with Gasteiger partial charge >= 0.3 is 0 Å². The molecule has 1 aliphatic rings. The summed E-state index contributed by atoms with van der Waals surface area (Å²) in [5, 5.41) is 0. The maximum atomic E-state index is 2.51. The minimum atomic E-state index is 1.09. The standard InChI is InChI=1S/C15H20N/c1-14-7-5-8-15(13-14)9-6-12-16-10-3-2-4-11-16/h2,5-9,13H,3-4,10-12H2,1H3. The molecule has 2 rings (SSSR count). The molecule has 1 nitrogen and oxygen atoms in total. The monoisotopic (exact) mass is 214 g/mol. The highest BCUT2D eigenvalue weighted by atomic mass is 15.1. The van der Waals surface area contributed by atoms with Gasteiger partial charge in [-0.25, -0.2) is 0 Å². The summed E-state index contributed by atoms with van der Waals surface area (Å²) in [7, 11) is 0. The van der Waals surface area contributed by atoms with E-state index < -0.39 is 0 Å². The van der Waals surface area contributed by atoms with E-state index in [2.05, 4.69) is 54.7 Å². The summed E-state index contributed by atoms with van der Waals surface area (Å²) in [4.78, 5) is 2.51. The molecule has 0 saturated carbocycles. The van der Waals surface area contributed by atoms with Gasteiger partial charge in [-0.15, -0.1) is 0 Å². The van der Waals surface area contributed by atoms with E-state index in [0.717, 1.165) is 6.54 Å². The number of nitrogens with zero attached hydrogens (tertiary/aromatic N) is 1. The molecule has 1 aromatic rings. The number of piperidine rings is 1. The topological polar surface area (TPSA) is 3.24 Å². The lowest BCUT2D eigenvalue weighted by Crippen LogP contribution is -2.29. The number of likely N-dealkylation sites (tertiary alicyclic amines) is 1. The summed E-state index contributed by atoms with van der Waals surface area (Å²) < 4.78 is 0. The Morgan fingerprint density at radius 3 is 2.81 bits per heavy atom. The molecule has 0 bridgehead atoms. The number of aryl methyl sites for hydroxylation is 1. The predicted molar refractivity (Wildman–Crippen MR) is 70.2 cm³/mol. The normalized spacial score (nSPS) is 18.1. The summed E-state index contributed by atoms with van der Waals surface area (Å²) in [5.74, 6) is 0. The van der Waals surface area contributed by atoms with E-state index in [-0.39, 0.29) is 0 Å². The molecule has 1 aromatic carbocycles. The van der Waals surface area contributed by atoms with E-state index in [0.29, 0.717) is 0 Å². The minimum Gasteiger partial charge on any atom is -0.300 e. The summed E-state index contributed by atoms with van der Waals surface area (Å²) >= 11 is 0. The lowest BCUT2D eigenvalue weighted by atomic mass is 10.1. The molecule has 16 heavy (non-hydrogen) atoms. The molecule has 1 fully saturated rings. The third-order valence-electron chi connectivity index (χ3n) is 3.01. The smallest absolute Gasteiger partial charge is 0.0166 e. The van der Waals surface area contributed by atoms with E-state index in [1.165, 1.54) is 37.1 Å². The molecule has 0 atom stereocenters. The van der Waals surface area contributed by atoms with Crippen LogP contribution in [-0.2, 0) is 0 Å². The molecule has 0 spiro atoms. The zero-order chi connectivity index (χ0) is 11.2. The second kappa shape index (κ2) is 5.86. The second-order valence-electron chi connectivity index (χ2n) is 4.48. The third-order valence-corrected chi connectivity index (χ3v) is 3.01. The third kappa shape index (κ3) is 3.49. The summed E-state index contributed by atoms with van der Waals surface area (Å²) in [6.45, 7) is 5.66. The van der Waals surface area contributed by atoms with Crippen molar-refractivity contribution in [3.8, 4) is 0 Å². The van der Waals surface area contributed by atoms with Crippen molar-refractivity contribution in [3.63, 3.8) is 0 Å². The molecule has 0 N–H and O–H groups in total. The number of hydrogen-bond donors (Lipinski definition) is 0. The van der Waals surface area contributed by atoms with Crippen LogP contribution in [0.2, 0.25) is 0 Å².